The Labute approximate surface area is 128 Å². The minimum Gasteiger partial charge on any atom is -0.454 e. The number of aromatic nitrogens is 1. The molecule has 1 aromatic heterocycles. The van der Waals surface area contributed by atoms with E-state index in [9.17, 15) is 9.65 Å². The first-order chi connectivity index (χ1) is 10.2. The van der Waals surface area contributed by atoms with Gasteiger partial charge in [0, 0.05) is 11.6 Å². The molecular weight excluding hydrogens is 335 g/mol. The summed E-state index contributed by atoms with van der Waals surface area (Å²) in [6.45, 7) is 0. The van der Waals surface area contributed by atoms with Crippen LogP contribution in [0.3, 0.4) is 0 Å². The maximum Gasteiger partial charge on any atom is 0.156 e. The van der Waals surface area contributed by atoms with E-state index in [-0.39, 0.29) is 5.82 Å². The zero-order valence-electron chi connectivity index (χ0n) is 10.7. The molecule has 102 valence electrons. The largest absolute Gasteiger partial charge is 0.454 e. The van der Waals surface area contributed by atoms with Crippen molar-refractivity contribution in [2.75, 3.05) is 0 Å². The Bertz CT molecular complexity index is 874. The molecule has 0 radical (unpaired) electrons. The van der Waals surface area contributed by atoms with E-state index in [1.165, 1.54) is 24.4 Å². The molecule has 0 amide bonds. The second kappa shape index (κ2) is 5.51. The maximum atomic E-state index is 13.1. The quantitative estimate of drug-likeness (QED) is 0.671. The smallest absolute Gasteiger partial charge is 0.156 e. The lowest BCUT2D eigenvalue weighted by molar-refractivity contribution is 0.481. The zero-order valence-corrected chi connectivity index (χ0v) is 12.3. The molecule has 1 heterocycles. The Kier molecular flexibility index (Phi) is 3.55. The summed E-state index contributed by atoms with van der Waals surface area (Å²) in [6, 6.07) is 13.6. The highest BCUT2D eigenvalue weighted by Gasteiger charge is 2.13. The van der Waals surface area contributed by atoms with E-state index in [0.29, 0.717) is 21.5 Å². The summed E-state index contributed by atoms with van der Waals surface area (Å²) >= 11 is 3.25. The molecule has 5 heteroatoms. The number of rotatable bonds is 2. The van der Waals surface area contributed by atoms with Crippen LogP contribution >= 0.6 is 15.9 Å². The molecule has 21 heavy (non-hydrogen) atoms. The predicted octanol–water partition coefficient (Wildman–Crippen LogP) is 4.80. The standard InChI is InChI=1S/C16H8BrFN2O/c17-13-7-11(18)5-6-15(13)21-16-10(8-19)9-20-14-4-2-1-3-12(14)16/h1-7,9H. The van der Waals surface area contributed by atoms with Crippen molar-refractivity contribution in [1.82, 2.24) is 4.98 Å². The van der Waals surface area contributed by atoms with Gasteiger partial charge >= 0.3 is 0 Å². The van der Waals surface area contributed by atoms with Gasteiger partial charge in [0.15, 0.2) is 5.75 Å². The number of halogens is 2. The number of nitrogens with zero attached hydrogens (tertiary/aromatic N) is 2. The van der Waals surface area contributed by atoms with E-state index >= 15 is 0 Å². The minimum atomic E-state index is -0.366. The SMILES string of the molecule is N#Cc1cnc2ccccc2c1Oc1ccc(F)cc1Br. The van der Waals surface area contributed by atoms with Gasteiger partial charge in [-0.2, -0.15) is 5.26 Å². The molecule has 0 atom stereocenters. The van der Waals surface area contributed by atoms with Gasteiger partial charge in [-0.3, -0.25) is 4.98 Å². The summed E-state index contributed by atoms with van der Waals surface area (Å²) in [4.78, 5) is 4.22. The number of hydrogen-bond donors (Lipinski definition) is 0. The monoisotopic (exact) mass is 342 g/mol. The summed E-state index contributed by atoms with van der Waals surface area (Å²) in [6.07, 6.45) is 1.47. The summed E-state index contributed by atoms with van der Waals surface area (Å²) < 4.78 is 19.4. The van der Waals surface area contributed by atoms with Crippen LogP contribution in [0.25, 0.3) is 10.9 Å². The van der Waals surface area contributed by atoms with Crippen LogP contribution in [-0.4, -0.2) is 4.98 Å². The van der Waals surface area contributed by atoms with E-state index in [1.807, 2.05) is 24.3 Å². The summed E-state index contributed by atoms with van der Waals surface area (Å²) in [5.74, 6) is 0.481. The van der Waals surface area contributed by atoms with Gasteiger partial charge < -0.3 is 4.74 Å². The van der Waals surface area contributed by atoms with E-state index in [4.69, 9.17) is 4.74 Å². The first-order valence-electron chi connectivity index (χ1n) is 6.10. The van der Waals surface area contributed by atoms with Crippen molar-refractivity contribution in [3.05, 3.63) is 64.5 Å². The molecule has 0 aliphatic carbocycles. The number of fused-ring (bicyclic) bond motifs is 1. The molecule has 0 bridgehead atoms. The zero-order chi connectivity index (χ0) is 14.8. The third-order valence-electron chi connectivity index (χ3n) is 2.95. The Hall–Kier alpha value is -2.45. The van der Waals surface area contributed by atoms with Crippen molar-refractivity contribution < 1.29 is 9.13 Å². The van der Waals surface area contributed by atoms with E-state index in [0.717, 1.165) is 10.9 Å². The van der Waals surface area contributed by atoms with Crippen molar-refractivity contribution >= 4 is 26.8 Å². The first kappa shape index (κ1) is 13.5. The highest BCUT2D eigenvalue weighted by Crippen LogP contribution is 2.35. The second-order valence-electron chi connectivity index (χ2n) is 4.31. The van der Waals surface area contributed by atoms with Crippen LogP contribution in [0.4, 0.5) is 4.39 Å². The fourth-order valence-electron chi connectivity index (χ4n) is 1.97. The van der Waals surface area contributed by atoms with Crippen molar-refractivity contribution in [2.24, 2.45) is 0 Å². The second-order valence-corrected chi connectivity index (χ2v) is 5.16. The Morgan fingerprint density at radius 3 is 2.76 bits per heavy atom. The molecule has 0 fully saturated rings. The molecule has 0 N–H and O–H groups in total. The van der Waals surface area contributed by atoms with E-state index in [1.54, 1.807) is 0 Å². The first-order valence-corrected chi connectivity index (χ1v) is 6.89. The summed E-state index contributed by atoms with van der Waals surface area (Å²) in [5, 5.41) is 9.96. The van der Waals surface area contributed by atoms with Crippen LogP contribution in [0.5, 0.6) is 11.5 Å². The minimum absolute atomic E-state index is 0.324. The third-order valence-corrected chi connectivity index (χ3v) is 3.57. The van der Waals surface area contributed by atoms with Crippen LogP contribution in [0.1, 0.15) is 5.56 Å². The molecular formula is C16H8BrFN2O. The molecule has 3 nitrogen and oxygen atoms in total. The van der Waals surface area contributed by atoms with Gasteiger partial charge in [-0.25, -0.2) is 4.39 Å². The Morgan fingerprint density at radius 1 is 1.19 bits per heavy atom. The molecule has 0 saturated heterocycles. The molecule has 0 saturated carbocycles. The fourth-order valence-corrected chi connectivity index (χ4v) is 2.41. The number of benzene rings is 2. The topological polar surface area (TPSA) is 45.9 Å². The highest BCUT2D eigenvalue weighted by molar-refractivity contribution is 9.10. The van der Waals surface area contributed by atoms with Crippen molar-refractivity contribution in [3.63, 3.8) is 0 Å². The van der Waals surface area contributed by atoms with Crippen LogP contribution in [0.15, 0.2) is 53.1 Å². The lowest BCUT2D eigenvalue weighted by Gasteiger charge is -2.11. The van der Waals surface area contributed by atoms with Gasteiger partial charge in [-0.1, -0.05) is 12.1 Å². The van der Waals surface area contributed by atoms with E-state index < -0.39 is 0 Å². The van der Waals surface area contributed by atoms with Gasteiger partial charge in [0.1, 0.15) is 23.2 Å². The molecule has 0 unspecified atom stereocenters. The Morgan fingerprint density at radius 2 is 2.00 bits per heavy atom. The average molecular weight is 343 g/mol. The number of pyridine rings is 1. The fraction of sp³-hybridized carbons (Fsp3) is 0. The van der Waals surface area contributed by atoms with Crippen molar-refractivity contribution in [2.45, 2.75) is 0 Å². The summed E-state index contributed by atoms with van der Waals surface area (Å²) in [7, 11) is 0. The van der Waals surface area contributed by atoms with Crippen LogP contribution in [0.2, 0.25) is 0 Å². The number of nitriles is 1. The van der Waals surface area contributed by atoms with Gasteiger partial charge in [0.2, 0.25) is 0 Å². The molecule has 3 rings (SSSR count). The van der Waals surface area contributed by atoms with Crippen molar-refractivity contribution in [1.29, 1.82) is 5.26 Å². The van der Waals surface area contributed by atoms with Crippen LogP contribution in [-0.2, 0) is 0 Å². The van der Waals surface area contributed by atoms with Gasteiger partial charge in [0.05, 0.1) is 9.99 Å². The maximum absolute atomic E-state index is 13.1. The molecule has 0 spiro atoms. The normalized spacial score (nSPS) is 10.3. The average Bonchev–Trinajstić information content (AvgIpc) is 2.50. The lowest BCUT2D eigenvalue weighted by Crippen LogP contribution is -1.93. The molecule has 0 aliphatic heterocycles. The molecule has 2 aromatic carbocycles. The number of hydrogen-bond acceptors (Lipinski definition) is 3. The molecule has 0 aliphatic rings. The number of ether oxygens (including phenoxy) is 1. The molecule has 3 aromatic rings. The van der Waals surface area contributed by atoms with Gasteiger partial charge in [0.25, 0.3) is 0 Å². The Balaban J connectivity index is 2.17. The van der Waals surface area contributed by atoms with Crippen LogP contribution in [0, 0.1) is 17.1 Å². The van der Waals surface area contributed by atoms with Crippen molar-refractivity contribution in [3.8, 4) is 17.6 Å². The number of para-hydroxylation sites is 1. The van der Waals surface area contributed by atoms with Crippen LogP contribution < -0.4 is 4.74 Å². The third kappa shape index (κ3) is 2.58. The predicted molar refractivity (Wildman–Crippen MR) is 80.6 cm³/mol. The van der Waals surface area contributed by atoms with Gasteiger partial charge in [-0.05, 0) is 46.3 Å². The van der Waals surface area contributed by atoms with Gasteiger partial charge in [-0.15, -0.1) is 0 Å². The highest BCUT2D eigenvalue weighted by atomic mass is 79.9. The summed E-state index contributed by atoms with van der Waals surface area (Å²) in [5.41, 5.74) is 1.05. The lowest BCUT2D eigenvalue weighted by atomic mass is 10.1. The van der Waals surface area contributed by atoms with E-state index in [2.05, 4.69) is 27.0 Å².